The van der Waals surface area contributed by atoms with Crippen LogP contribution >= 0.6 is 0 Å². The maximum absolute atomic E-state index is 13.7. The van der Waals surface area contributed by atoms with Crippen molar-refractivity contribution in [3.05, 3.63) is 101 Å². The molecule has 2 saturated heterocycles. The van der Waals surface area contributed by atoms with Gasteiger partial charge in [-0.05, 0) is 72.9 Å². The van der Waals surface area contributed by atoms with E-state index in [0.717, 1.165) is 16.8 Å². The van der Waals surface area contributed by atoms with Gasteiger partial charge in [0.15, 0.2) is 0 Å². The molecule has 2 heterocycles. The van der Waals surface area contributed by atoms with Crippen molar-refractivity contribution < 1.29 is 38.2 Å². The van der Waals surface area contributed by atoms with Crippen LogP contribution in [0.3, 0.4) is 0 Å². The normalized spacial score (nSPS) is 19.9. The summed E-state index contributed by atoms with van der Waals surface area (Å²) < 4.78 is 9.41. The van der Waals surface area contributed by atoms with Crippen LogP contribution in [0.25, 0.3) is 0 Å². The summed E-state index contributed by atoms with van der Waals surface area (Å²) in [5.74, 6) is -2.09. The average Bonchev–Trinajstić information content (AvgIpc) is 3.89. The Morgan fingerprint density at radius 2 is 1.04 bits per heavy atom. The molecule has 0 bridgehead atoms. The molecule has 57 heavy (non-hydrogen) atoms. The van der Waals surface area contributed by atoms with Crippen molar-refractivity contribution in [2.45, 2.75) is 88.6 Å². The number of carbonyl (C=O) groups is 6. The van der Waals surface area contributed by atoms with Crippen LogP contribution in [0.15, 0.2) is 78.9 Å². The Morgan fingerprint density at radius 1 is 0.649 bits per heavy atom. The van der Waals surface area contributed by atoms with Gasteiger partial charge < -0.3 is 46.3 Å². The number of nitrogens with two attached hydrogens (primary N) is 2. The number of methoxy groups -OCH3 is 2. The molecule has 2 aliphatic heterocycles. The van der Waals surface area contributed by atoms with Crippen LogP contribution in [0.5, 0.6) is 0 Å². The maximum Gasteiger partial charge on any atom is 0.407 e. The van der Waals surface area contributed by atoms with Crippen molar-refractivity contribution in [1.82, 2.24) is 20.4 Å². The van der Waals surface area contributed by atoms with Crippen LogP contribution in [0.4, 0.5) is 15.3 Å². The molecule has 2 aliphatic rings. The minimum absolute atomic E-state index is 0.302. The lowest BCUT2D eigenvalue weighted by molar-refractivity contribution is -0.145. The second-order valence-electron chi connectivity index (χ2n) is 14.4. The highest BCUT2D eigenvalue weighted by Crippen LogP contribution is 2.41. The van der Waals surface area contributed by atoms with Crippen LogP contribution in [-0.4, -0.2) is 85.0 Å². The number of rotatable bonds is 15. The zero-order chi connectivity index (χ0) is 41.3. The Hall–Kier alpha value is -6.12. The van der Waals surface area contributed by atoms with Gasteiger partial charge >= 0.3 is 12.2 Å². The molecule has 6 N–H and O–H groups in total. The molecule has 4 atom stereocenters. The molecule has 0 radical (unpaired) electrons. The summed E-state index contributed by atoms with van der Waals surface area (Å²) in [5.41, 5.74) is 13.4. The van der Waals surface area contributed by atoms with E-state index in [-0.39, 0.29) is 0 Å². The third-order valence-corrected chi connectivity index (χ3v) is 11.2. The predicted octanol–water partition coefficient (Wildman–Crippen LogP) is 3.77. The first kappa shape index (κ1) is 42.0. The third kappa shape index (κ3) is 8.52. The molecule has 0 saturated carbocycles. The van der Waals surface area contributed by atoms with E-state index < -0.39 is 59.0 Å². The summed E-state index contributed by atoms with van der Waals surface area (Å²) >= 11 is 0. The van der Waals surface area contributed by atoms with Gasteiger partial charge in [0.1, 0.15) is 23.2 Å². The number of para-hydroxylation sites is 1. The third-order valence-electron chi connectivity index (χ3n) is 11.2. The minimum Gasteiger partial charge on any atom is -0.453 e. The van der Waals surface area contributed by atoms with Gasteiger partial charge in [0, 0.05) is 31.9 Å². The van der Waals surface area contributed by atoms with E-state index >= 15 is 0 Å². The first-order valence-corrected chi connectivity index (χ1v) is 19.3. The number of nitrogens with one attached hydrogen (secondary N) is 2. The summed E-state index contributed by atoms with van der Waals surface area (Å²) in [7, 11) is 2.44. The van der Waals surface area contributed by atoms with Crippen LogP contribution in [-0.2, 0) is 52.8 Å². The lowest BCUT2D eigenvalue weighted by atomic mass is 9.85. The Balaban J connectivity index is 1.39. The quantitative estimate of drug-likeness (QED) is 0.177. The summed E-state index contributed by atoms with van der Waals surface area (Å²) in [6, 6.07) is 23.1. The van der Waals surface area contributed by atoms with E-state index in [9.17, 15) is 28.8 Å². The van der Waals surface area contributed by atoms with Crippen molar-refractivity contribution in [2.24, 2.45) is 11.5 Å². The number of nitrogens with zero attached hydrogens (tertiary/aromatic N) is 3. The van der Waals surface area contributed by atoms with E-state index in [1.165, 1.54) is 24.0 Å². The zero-order valence-corrected chi connectivity index (χ0v) is 33.0. The topological polar surface area (TPSA) is 207 Å². The number of primary amides is 2. The molecule has 0 spiro atoms. The summed E-state index contributed by atoms with van der Waals surface area (Å²) in [6.45, 7) is 5.12. The molecular weight excluding hydrogens is 731 g/mol. The summed E-state index contributed by atoms with van der Waals surface area (Å²) in [4.78, 5) is 83.0. The molecule has 3 aromatic carbocycles. The number of likely N-dealkylation sites (tertiary alicyclic amines) is 2. The highest BCUT2D eigenvalue weighted by Gasteiger charge is 2.52. The smallest absolute Gasteiger partial charge is 0.407 e. The standard InChI is InChI=1S/C42H53N7O8/c1-5-33(45-39(54)56-3)35(50)48-24-10-22-41(48,37(43)52)30-18-14-28(15-19-30)26-47(32-12-8-7-9-13-32)27-29-16-20-31(21-17-29)42(38(44)53)23-11-25-49(42)36(51)34(6-2)46-40(55)57-4/h7-9,12-21,33-34H,5-6,10-11,22-27H2,1-4H3,(H2,43,52)(H2,44,53)(H,45,54)(H,46,55)/t33-,34-,41-,42-/m0/s1. The van der Waals surface area contributed by atoms with Gasteiger partial charge in [-0.1, -0.05) is 80.6 Å². The number of anilines is 1. The second-order valence-corrected chi connectivity index (χ2v) is 14.4. The Morgan fingerprint density at radius 3 is 1.37 bits per heavy atom. The molecule has 5 rings (SSSR count). The van der Waals surface area contributed by atoms with Crippen LogP contribution in [0, 0.1) is 0 Å². The monoisotopic (exact) mass is 783 g/mol. The van der Waals surface area contributed by atoms with Gasteiger partial charge in [-0.25, -0.2) is 9.59 Å². The Labute approximate surface area is 333 Å². The van der Waals surface area contributed by atoms with E-state index in [1.54, 1.807) is 13.8 Å². The number of benzene rings is 3. The van der Waals surface area contributed by atoms with Crippen LogP contribution < -0.4 is 27.0 Å². The molecule has 0 aliphatic carbocycles. The van der Waals surface area contributed by atoms with Gasteiger partial charge in [0.2, 0.25) is 23.6 Å². The van der Waals surface area contributed by atoms with Crippen molar-refractivity contribution in [3.8, 4) is 0 Å². The van der Waals surface area contributed by atoms with Crippen molar-refractivity contribution in [2.75, 3.05) is 32.2 Å². The molecule has 2 fully saturated rings. The van der Waals surface area contributed by atoms with Gasteiger partial charge in [0.05, 0.1) is 14.2 Å². The van der Waals surface area contributed by atoms with Gasteiger partial charge in [-0.2, -0.15) is 0 Å². The Kier molecular flexibility index (Phi) is 13.4. The second kappa shape index (κ2) is 18.2. The molecule has 15 nitrogen and oxygen atoms in total. The fourth-order valence-corrected chi connectivity index (χ4v) is 8.18. The first-order valence-electron chi connectivity index (χ1n) is 19.3. The minimum atomic E-state index is -1.38. The van der Waals surface area contributed by atoms with E-state index in [2.05, 4.69) is 15.5 Å². The Bertz CT molecular complexity index is 1810. The SMILES string of the molecule is CC[C@H](NC(=O)OC)C(=O)N1CCC[C@@]1(C(N)=O)c1ccc(CN(Cc2ccc([C@]3(C(N)=O)CCCN3C(=O)[C@H](CC)NC(=O)OC)cc2)c2ccccc2)cc1. The van der Waals surface area contributed by atoms with E-state index in [4.69, 9.17) is 20.9 Å². The van der Waals surface area contributed by atoms with Gasteiger partial charge in [-0.15, -0.1) is 0 Å². The number of ether oxygens (including phenoxy) is 2. The predicted molar refractivity (Wildman–Crippen MR) is 212 cm³/mol. The summed E-state index contributed by atoms with van der Waals surface area (Å²) in [6.07, 6.45) is 0.952. The van der Waals surface area contributed by atoms with Crippen LogP contribution in [0.1, 0.15) is 74.6 Å². The number of amides is 6. The molecule has 304 valence electrons. The summed E-state index contributed by atoms with van der Waals surface area (Å²) in [5, 5.41) is 5.14. The largest absolute Gasteiger partial charge is 0.453 e. The zero-order valence-electron chi connectivity index (χ0n) is 33.0. The van der Waals surface area contributed by atoms with Crippen molar-refractivity contribution >= 4 is 41.5 Å². The number of hydrogen-bond acceptors (Lipinski definition) is 9. The number of hydrogen-bond donors (Lipinski definition) is 4. The maximum atomic E-state index is 13.7. The number of carbonyl (C=O) groups excluding carboxylic acids is 6. The van der Waals surface area contributed by atoms with Crippen molar-refractivity contribution in [3.63, 3.8) is 0 Å². The molecule has 0 aromatic heterocycles. The molecular formula is C42H53N7O8. The van der Waals surface area contributed by atoms with E-state index in [0.29, 0.717) is 75.8 Å². The molecule has 3 aromatic rings. The molecule has 6 amide bonds. The fraction of sp³-hybridized carbons (Fsp3) is 0.429. The molecule has 15 heteroatoms. The lowest BCUT2D eigenvalue weighted by Crippen LogP contribution is -2.58. The highest BCUT2D eigenvalue weighted by molar-refractivity contribution is 5.96. The van der Waals surface area contributed by atoms with Crippen LogP contribution in [0.2, 0.25) is 0 Å². The van der Waals surface area contributed by atoms with Gasteiger partial charge in [-0.3, -0.25) is 19.2 Å². The highest BCUT2D eigenvalue weighted by atomic mass is 16.5. The fourth-order valence-electron chi connectivity index (χ4n) is 8.18. The molecule has 0 unspecified atom stereocenters. The van der Waals surface area contributed by atoms with Crippen molar-refractivity contribution in [1.29, 1.82) is 0 Å². The number of alkyl carbamates (subject to hydrolysis) is 2. The average molecular weight is 784 g/mol. The lowest BCUT2D eigenvalue weighted by Gasteiger charge is -2.38. The first-order chi connectivity index (χ1) is 27.4. The van der Waals surface area contributed by atoms with E-state index in [1.807, 2.05) is 78.9 Å². The van der Waals surface area contributed by atoms with Gasteiger partial charge in [0.25, 0.3) is 0 Å².